The van der Waals surface area contributed by atoms with Crippen LogP contribution in [-0.2, 0) is 16.6 Å². The highest BCUT2D eigenvalue weighted by Crippen LogP contribution is 2.26. The number of nitrogens with zero attached hydrogens (tertiary/aromatic N) is 2. The van der Waals surface area contributed by atoms with E-state index in [0.29, 0.717) is 4.47 Å². The molecule has 2 aromatic carbocycles. The van der Waals surface area contributed by atoms with Crippen molar-refractivity contribution in [2.24, 2.45) is 0 Å². The molecule has 0 unspecified atom stereocenters. The predicted octanol–water partition coefficient (Wildman–Crippen LogP) is 4.43. The minimum Gasteiger partial charge on any atom is -0.265 e. The van der Waals surface area contributed by atoms with Gasteiger partial charge in [-0.15, -0.1) is 0 Å². The lowest BCUT2D eigenvalue weighted by molar-refractivity contribution is 0.585. The molecule has 1 heterocycles. The minimum absolute atomic E-state index is 0.0155. The molecule has 26 heavy (non-hydrogen) atoms. The molecule has 0 amide bonds. The molecule has 0 fully saturated rings. The molecule has 5 nitrogen and oxygen atoms in total. The Hall–Kier alpha value is -1.97. The summed E-state index contributed by atoms with van der Waals surface area (Å²) in [5.74, 6) is -1.02. The Balaban J connectivity index is 1.85. The van der Waals surface area contributed by atoms with E-state index in [2.05, 4.69) is 25.8 Å². The molecule has 3 rings (SSSR count). The van der Waals surface area contributed by atoms with Crippen LogP contribution in [0.15, 0.2) is 58.0 Å². The molecule has 0 atom stereocenters. The fourth-order valence-electron chi connectivity index (χ4n) is 2.19. The summed E-state index contributed by atoms with van der Waals surface area (Å²) in [5.41, 5.74) is 0.233. The van der Waals surface area contributed by atoms with E-state index in [0.717, 1.165) is 24.3 Å². The zero-order valence-corrected chi connectivity index (χ0v) is 16.1. The molecular formula is C16H11BrClF2N3O2S. The molecule has 0 spiro atoms. The van der Waals surface area contributed by atoms with Gasteiger partial charge in [-0.05, 0) is 52.3 Å². The minimum atomic E-state index is -3.95. The lowest BCUT2D eigenvalue weighted by Gasteiger charge is -2.07. The van der Waals surface area contributed by atoms with Crippen LogP contribution >= 0.6 is 27.5 Å². The van der Waals surface area contributed by atoms with E-state index in [-0.39, 0.29) is 27.8 Å². The zero-order valence-electron chi connectivity index (χ0n) is 13.0. The van der Waals surface area contributed by atoms with E-state index in [1.807, 2.05) is 0 Å². The zero-order chi connectivity index (χ0) is 18.9. The van der Waals surface area contributed by atoms with Gasteiger partial charge in [-0.2, -0.15) is 5.10 Å². The van der Waals surface area contributed by atoms with Gasteiger partial charge in [-0.1, -0.05) is 17.7 Å². The van der Waals surface area contributed by atoms with Gasteiger partial charge in [0.2, 0.25) is 0 Å². The van der Waals surface area contributed by atoms with Crippen LogP contribution in [0.4, 0.5) is 14.6 Å². The Morgan fingerprint density at radius 2 is 1.85 bits per heavy atom. The van der Waals surface area contributed by atoms with Crippen LogP contribution in [-0.4, -0.2) is 18.2 Å². The van der Waals surface area contributed by atoms with Crippen molar-refractivity contribution in [3.63, 3.8) is 0 Å². The quantitative estimate of drug-likeness (QED) is 0.610. The molecule has 0 aliphatic carbocycles. The second-order valence-corrected chi connectivity index (χ2v) is 8.23. The maximum absolute atomic E-state index is 13.9. The first-order valence-electron chi connectivity index (χ1n) is 7.20. The average Bonchev–Trinajstić information content (AvgIpc) is 2.90. The van der Waals surface area contributed by atoms with E-state index in [1.165, 1.54) is 23.0 Å². The fraction of sp³-hybridized carbons (Fsp3) is 0.0625. The molecule has 1 N–H and O–H groups in total. The third kappa shape index (κ3) is 4.05. The van der Waals surface area contributed by atoms with Crippen molar-refractivity contribution in [1.82, 2.24) is 9.78 Å². The van der Waals surface area contributed by atoms with E-state index in [9.17, 15) is 17.2 Å². The predicted molar refractivity (Wildman–Crippen MR) is 97.6 cm³/mol. The first kappa shape index (κ1) is 18.8. The van der Waals surface area contributed by atoms with E-state index in [1.54, 1.807) is 6.07 Å². The number of benzene rings is 2. The molecule has 0 saturated carbocycles. The van der Waals surface area contributed by atoms with Crippen LogP contribution in [0.5, 0.6) is 0 Å². The smallest absolute Gasteiger partial charge is 0.263 e. The highest BCUT2D eigenvalue weighted by atomic mass is 79.9. The number of hydrogen-bond donors (Lipinski definition) is 1. The van der Waals surface area contributed by atoms with Crippen LogP contribution in [0, 0.1) is 11.6 Å². The summed E-state index contributed by atoms with van der Waals surface area (Å²) in [6, 6.07) is 8.69. The molecule has 0 saturated heterocycles. The second-order valence-electron chi connectivity index (χ2n) is 5.28. The first-order valence-corrected chi connectivity index (χ1v) is 9.86. The lowest BCUT2D eigenvalue weighted by Crippen LogP contribution is -2.14. The van der Waals surface area contributed by atoms with Crippen molar-refractivity contribution >= 4 is 43.4 Å². The number of anilines is 1. The van der Waals surface area contributed by atoms with Gasteiger partial charge in [0, 0.05) is 16.8 Å². The van der Waals surface area contributed by atoms with Crippen molar-refractivity contribution in [3.8, 4) is 0 Å². The summed E-state index contributed by atoms with van der Waals surface area (Å²) in [6.07, 6.45) is 1.49. The lowest BCUT2D eigenvalue weighted by atomic mass is 10.2. The van der Waals surface area contributed by atoms with Gasteiger partial charge in [0.05, 0.1) is 15.9 Å². The van der Waals surface area contributed by atoms with Crippen LogP contribution in [0.1, 0.15) is 5.56 Å². The number of aromatic nitrogens is 2. The molecule has 0 aliphatic heterocycles. The molecule has 10 heteroatoms. The molecule has 136 valence electrons. The number of hydrogen-bond acceptors (Lipinski definition) is 3. The third-order valence-corrected chi connectivity index (χ3v) is 5.74. The molecular weight excluding hydrogens is 452 g/mol. The Morgan fingerprint density at radius 3 is 2.50 bits per heavy atom. The van der Waals surface area contributed by atoms with Gasteiger partial charge in [-0.25, -0.2) is 17.2 Å². The van der Waals surface area contributed by atoms with Crippen molar-refractivity contribution in [2.75, 3.05) is 4.72 Å². The summed E-state index contributed by atoms with van der Waals surface area (Å²) >= 11 is 9.20. The number of halogens is 4. The second kappa shape index (κ2) is 7.34. The van der Waals surface area contributed by atoms with Gasteiger partial charge in [0.25, 0.3) is 10.0 Å². The monoisotopic (exact) mass is 461 g/mol. The summed E-state index contributed by atoms with van der Waals surface area (Å²) in [6.45, 7) is 0.0163. The van der Waals surface area contributed by atoms with E-state index in [4.69, 9.17) is 11.6 Å². The van der Waals surface area contributed by atoms with Crippen molar-refractivity contribution in [2.45, 2.75) is 11.4 Å². The summed E-state index contributed by atoms with van der Waals surface area (Å²) in [7, 11) is -3.95. The SMILES string of the molecule is O=S(=O)(Nc1nn(Cc2c(F)cccc2Cl)cc1Br)c1ccc(F)cc1. The van der Waals surface area contributed by atoms with E-state index >= 15 is 0 Å². The van der Waals surface area contributed by atoms with Gasteiger partial charge in [-0.3, -0.25) is 9.40 Å². The van der Waals surface area contributed by atoms with Crippen LogP contribution < -0.4 is 4.72 Å². The topological polar surface area (TPSA) is 64.0 Å². The maximum Gasteiger partial charge on any atom is 0.263 e. The van der Waals surface area contributed by atoms with Crippen molar-refractivity contribution in [1.29, 1.82) is 0 Å². The highest BCUT2D eigenvalue weighted by Gasteiger charge is 2.19. The summed E-state index contributed by atoms with van der Waals surface area (Å²) < 4.78 is 55.6. The van der Waals surface area contributed by atoms with Crippen LogP contribution in [0.3, 0.4) is 0 Å². The molecule has 0 aliphatic rings. The number of sulfonamides is 1. The molecule has 3 aromatic rings. The average molecular weight is 463 g/mol. The Bertz CT molecular complexity index is 1040. The van der Waals surface area contributed by atoms with Gasteiger partial charge in [0.15, 0.2) is 5.82 Å². The fourth-order valence-corrected chi connectivity index (χ4v) is 3.98. The Morgan fingerprint density at radius 1 is 1.15 bits per heavy atom. The highest BCUT2D eigenvalue weighted by molar-refractivity contribution is 9.10. The van der Waals surface area contributed by atoms with Crippen molar-refractivity contribution < 1.29 is 17.2 Å². The van der Waals surface area contributed by atoms with Crippen molar-refractivity contribution in [3.05, 3.63) is 75.4 Å². The maximum atomic E-state index is 13.9. The largest absolute Gasteiger partial charge is 0.265 e. The van der Waals surface area contributed by atoms with Crippen LogP contribution in [0.25, 0.3) is 0 Å². The van der Waals surface area contributed by atoms with Gasteiger partial charge < -0.3 is 0 Å². The first-order chi connectivity index (χ1) is 12.3. The molecule has 1 aromatic heterocycles. The third-order valence-electron chi connectivity index (χ3n) is 3.45. The van der Waals surface area contributed by atoms with Gasteiger partial charge >= 0.3 is 0 Å². The summed E-state index contributed by atoms with van der Waals surface area (Å²) in [4.78, 5) is -0.113. The summed E-state index contributed by atoms with van der Waals surface area (Å²) in [5, 5.41) is 4.34. The molecule has 0 radical (unpaired) electrons. The van der Waals surface area contributed by atoms with Gasteiger partial charge in [0.1, 0.15) is 11.6 Å². The van der Waals surface area contributed by atoms with Crippen LogP contribution in [0.2, 0.25) is 5.02 Å². The van der Waals surface area contributed by atoms with E-state index < -0.39 is 21.7 Å². The normalized spacial score (nSPS) is 11.5. The standard InChI is InChI=1S/C16H11BrClF2N3O2S/c17-13-9-23(8-12-14(18)2-1-3-15(12)20)21-16(13)22-26(24,25)11-6-4-10(19)5-7-11/h1-7,9H,8H2,(H,21,22). The molecule has 0 bridgehead atoms. The Labute approximate surface area is 161 Å². The Kier molecular flexibility index (Phi) is 5.31. The number of rotatable bonds is 5. The number of nitrogens with one attached hydrogen (secondary N) is 1.